The number of benzene rings is 1. The lowest BCUT2D eigenvalue weighted by Gasteiger charge is -2.36. The van der Waals surface area contributed by atoms with Crippen LogP contribution >= 0.6 is 23.2 Å². The first-order valence-electron chi connectivity index (χ1n) is 6.79. The van der Waals surface area contributed by atoms with Crippen LogP contribution in [-0.4, -0.2) is 18.9 Å². The van der Waals surface area contributed by atoms with Crippen LogP contribution in [0.1, 0.15) is 43.0 Å². The highest BCUT2D eigenvalue weighted by molar-refractivity contribution is 6.36. The van der Waals surface area contributed by atoms with Crippen molar-refractivity contribution in [3.63, 3.8) is 0 Å². The summed E-state index contributed by atoms with van der Waals surface area (Å²) in [6, 6.07) is 5.12. The molecule has 0 spiro atoms. The lowest BCUT2D eigenvalue weighted by atomic mass is 9.70. The van der Waals surface area contributed by atoms with Crippen molar-refractivity contribution in [3.05, 3.63) is 33.8 Å². The highest BCUT2D eigenvalue weighted by Crippen LogP contribution is 2.39. The van der Waals surface area contributed by atoms with Gasteiger partial charge in [0.05, 0.1) is 5.02 Å². The van der Waals surface area contributed by atoms with Gasteiger partial charge in [-0.15, -0.1) is 0 Å². The average Bonchev–Trinajstić information content (AvgIpc) is 2.42. The molecule has 0 unspecified atom stereocenters. The SMILES string of the molecule is CCCC1(C(=O)c2cc(Cl)ccc2Cl)CCNCC1. The number of carbonyl (C=O) groups excluding carboxylic acids is 1. The molecule has 2 nitrogen and oxygen atoms in total. The van der Waals surface area contributed by atoms with Crippen LogP contribution in [0.3, 0.4) is 0 Å². The third-order valence-electron chi connectivity index (χ3n) is 3.94. The van der Waals surface area contributed by atoms with Gasteiger partial charge in [0.25, 0.3) is 0 Å². The monoisotopic (exact) mass is 299 g/mol. The molecule has 1 fully saturated rings. The number of hydrogen-bond donors (Lipinski definition) is 1. The van der Waals surface area contributed by atoms with Gasteiger partial charge in [-0.2, -0.15) is 0 Å². The first-order chi connectivity index (χ1) is 9.09. The fraction of sp³-hybridized carbons (Fsp3) is 0.533. The van der Waals surface area contributed by atoms with Crippen LogP contribution in [0.4, 0.5) is 0 Å². The summed E-state index contributed by atoms with van der Waals surface area (Å²) in [4.78, 5) is 12.9. The number of piperidine rings is 1. The minimum absolute atomic E-state index is 0.156. The molecule has 0 radical (unpaired) electrons. The second-order valence-electron chi connectivity index (χ2n) is 5.23. The Morgan fingerprint density at radius 3 is 2.63 bits per heavy atom. The van der Waals surface area contributed by atoms with E-state index in [4.69, 9.17) is 23.2 Å². The van der Waals surface area contributed by atoms with Crippen LogP contribution in [0.15, 0.2) is 18.2 Å². The number of carbonyl (C=O) groups is 1. The van der Waals surface area contributed by atoms with Crippen molar-refractivity contribution in [1.29, 1.82) is 0 Å². The number of nitrogens with one attached hydrogen (secondary N) is 1. The average molecular weight is 300 g/mol. The molecule has 1 heterocycles. The molecule has 4 heteroatoms. The van der Waals surface area contributed by atoms with E-state index in [1.54, 1.807) is 18.2 Å². The van der Waals surface area contributed by atoms with Gasteiger partial charge in [0.15, 0.2) is 5.78 Å². The number of hydrogen-bond acceptors (Lipinski definition) is 2. The minimum atomic E-state index is -0.270. The summed E-state index contributed by atoms with van der Waals surface area (Å²) < 4.78 is 0. The molecule has 1 N–H and O–H groups in total. The summed E-state index contributed by atoms with van der Waals surface area (Å²) in [6.45, 7) is 3.91. The molecule has 0 aliphatic carbocycles. The van der Waals surface area contributed by atoms with Crippen LogP contribution in [0.5, 0.6) is 0 Å². The first kappa shape index (κ1) is 14.8. The summed E-state index contributed by atoms with van der Waals surface area (Å²) in [5.74, 6) is 0.156. The van der Waals surface area contributed by atoms with Gasteiger partial charge in [-0.1, -0.05) is 36.5 Å². The van der Waals surface area contributed by atoms with Gasteiger partial charge in [0, 0.05) is 16.0 Å². The summed E-state index contributed by atoms with van der Waals surface area (Å²) in [5.41, 5.74) is 0.304. The predicted molar refractivity (Wildman–Crippen MR) is 80.2 cm³/mol. The Balaban J connectivity index is 2.36. The van der Waals surface area contributed by atoms with E-state index in [9.17, 15) is 4.79 Å². The largest absolute Gasteiger partial charge is 0.317 e. The molecule has 1 aromatic carbocycles. The molecular weight excluding hydrogens is 281 g/mol. The Bertz CT molecular complexity index is 462. The Kier molecular flexibility index (Phi) is 4.88. The highest BCUT2D eigenvalue weighted by Gasteiger charge is 2.39. The maximum Gasteiger partial charge on any atom is 0.170 e. The number of ketones is 1. The lowest BCUT2D eigenvalue weighted by Crippen LogP contribution is -2.42. The zero-order valence-electron chi connectivity index (χ0n) is 11.1. The lowest BCUT2D eigenvalue weighted by molar-refractivity contribution is 0.0704. The first-order valence-corrected chi connectivity index (χ1v) is 7.55. The van der Waals surface area contributed by atoms with Crippen molar-refractivity contribution >= 4 is 29.0 Å². The van der Waals surface area contributed by atoms with Crippen molar-refractivity contribution < 1.29 is 4.79 Å². The second-order valence-corrected chi connectivity index (χ2v) is 6.08. The standard InChI is InChI=1S/C15H19Cl2NO/c1-2-5-15(6-8-18-9-7-15)14(19)12-10-11(16)3-4-13(12)17/h3-4,10,18H,2,5-9H2,1H3. The number of rotatable bonds is 4. The van der Waals surface area contributed by atoms with Crippen LogP contribution in [0, 0.1) is 5.41 Å². The van der Waals surface area contributed by atoms with Gasteiger partial charge in [-0.25, -0.2) is 0 Å². The fourth-order valence-corrected chi connectivity index (χ4v) is 3.31. The van der Waals surface area contributed by atoms with E-state index in [1.807, 2.05) is 0 Å². The molecule has 0 saturated carbocycles. The number of Topliss-reactive ketones (excluding diaryl/α,β-unsaturated/α-hetero) is 1. The van der Waals surface area contributed by atoms with Crippen LogP contribution in [0.2, 0.25) is 10.0 Å². The Hall–Kier alpha value is -0.570. The zero-order chi connectivity index (χ0) is 13.9. The molecule has 0 atom stereocenters. The molecule has 1 aliphatic heterocycles. The Labute approximate surface area is 124 Å². The van der Waals surface area contributed by atoms with Crippen molar-refractivity contribution in [2.24, 2.45) is 5.41 Å². The van der Waals surface area contributed by atoms with Crippen molar-refractivity contribution in [2.45, 2.75) is 32.6 Å². The second kappa shape index (κ2) is 6.25. The van der Waals surface area contributed by atoms with E-state index >= 15 is 0 Å². The Morgan fingerprint density at radius 2 is 2.00 bits per heavy atom. The molecule has 0 aromatic heterocycles. The zero-order valence-corrected chi connectivity index (χ0v) is 12.7. The normalized spacial score (nSPS) is 18.3. The maximum atomic E-state index is 12.9. The molecule has 0 bridgehead atoms. The molecule has 19 heavy (non-hydrogen) atoms. The molecule has 1 saturated heterocycles. The van der Waals surface area contributed by atoms with E-state index in [0.29, 0.717) is 15.6 Å². The molecular formula is C15H19Cl2NO. The van der Waals surface area contributed by atoms with Gasteiger partial charge in [0.1, 0.15) is 0 Å². The Morgan fingerprint density at radius 1 is 1.32 bits per heavy atom. The van der Waals surface area contributed by atoms with Gasteiger partial charge < -0.3 is 5.32 Å². The summed E-state index contributed by atoms with van der Waals surface area (Å²) in [6.07, 6.45) is 3.67. The summed E-state index contributed by atoms with van der Waals surface area (Å²) >= 11 is 12.2. The maximum absolute atomic E-state index is 12.9. The molecule has 1 aromatic rings. The third kappa shape index (κ3) is 3.13. The molecule has 2 rings (SSSR count). The van der Waals surface area contributed by atoms with Crippen molar-refractivity contribution in [3.8, 4) is 0 Å². The van der Waals surface area contributed by atoms with Gasteiger partial charge in [-0.3, -0.25) is 4.79 Å². The predicted octanol–water partition coefficient (Wildman–Crippen LogP) is 4.35. The molecule has 104 valence electrons. The third-order valence-corrected chi connectivity index (χ3v) is 4.51. The smallest absolute Gasteiger partial charge is 0.170 e. The fourth-order valence-electron chi connectivity index (χ4n) is 2.93. The minimum Gasteiger partial charge on any atom is -0.317 e. The summed E-state index contributed by atoms with van der Waals surface area (Å²) in [5, 5.41) is 4.39. The van der Waals surface area contributed by atoms with Crippen molar-refractivity contribution in [1.82, 2.24) is 5.32 Å². The van der Waals surface area contributed by atoms with E-state index in [0.717, 1.165) is 38.8 Å². The van der Waals surface area contributed by atoms with E-state index in [2.05, 4.69) is 12.2 Å². The highest BCUT2D eigenvalue weighted by atomic mass is 35.5. The molecule has 0 amide bonds. The van der Waals surface area contributed by atoms with Gasteiger partial charge in [0.2, 0.25) is 0 Å². The topological polar surface area (TPSA) is 29.1 Å². The molecule has 1 aliphatic rings. The van der Waals surface area contributed by atoms with Gasteiger partial charge in [-0.05, 0) is 50.6 Å². The van der Waals surface area contributed by atoms with Crippen LogP contribution in [0.25, 0.3) is 0 Å². The number of halogens is 2. The van der Waals surface area contributed by atoms with Gasteiger partial charge >= 0.3 is 0 Å². The quantitative estimate of drug-likeness (QED) is 0.838. The van der Waals surface area contributed by atoms with E-state index < -0.39 is 0 Å². The summed E-state index contributed by atoms with van der Waals surface area (Å²) in [7, 11) is 0. The van der Waals surface area contributed by atoms with E-state index in [-0.39, 0.29) is 11.2 Å². The van der Waals surface area contributed by atoms with Crippen LogP contribution < -0.4 is 5.32 Å². The van der Waals surface area contributed by atoms with Crippen molar-refractivity contribution in [2.75, 3.05) is 13.1 Å². The van der Waals surface area contributed by atoms with E-state index in [1.165, 1.54) is 0 Å². The van der Waals surface area contributed by atoms with Crippen LogP contribution in [-0.2, 0) is 0 Å².